The van der Waals surface area contributed by atoms with Gasteiger partial charge in [-0.2, -0.15) is 0 Å². The standard InChI is InChI=1S/C18H14N2O5S/c21-13-7-5-12(6-8-13)19-16(22)10-25-14-4-2-1-3-11(14)9-15-17(23)20-18(24)26-15/h1-9,21H,10H2,(H,19,22)(H,20,23,24)/b15-9-. The normalized spacial score (nSPS) is 15.0. The predicted octanol–water partition coefficient (Wildman–Crippen LogP) is 2.73. The third kappa shape index (κ3) is 4.42. The van der Waals surface area contributed by atoms with Gasteiger partial charge in [0.25, 0.3) is 17.1 Å². The Labute approximate surface area is 153 Å². The number of carbonyl (C=O) groups is 3. The van der Waals surface area contributed by atoms with Gasteiger partial charge < -0.3 is 15.2 Å². The first kappa shape index (κ1) is 17.6. The molecule has 1 aliphatic heterocycles. The van der Waals surface area contributed by atoms with Crippen LogP contribution < -0.4 is 15.4 Å². The average Bonchev–Trinajstić information content (AvgIpc) is 2.93. The van der Waals surface area contributed by atoms with Crippen molar-refractivity contribution >= 4 is 40.6 Å². The van der Waals surface area contributed by atoms with Crippen molar-refractivity contribution in [1.82, 2.24) is 5.32 Å². The van der Waals surface area contributed by atoms with E-state index in [-0.39, 0.29) is 23.2 Å². The van der Waals surface area contributed by atoms with Crippen molar-refractivity contribution in [3.05, 3.63) is 59.0 Å². The monoisotopic (exact) mass is 370 g/mol. The molecule has 3 N–H and O–H groups in total. The number of para-hydroxylation sites is 1. The van der Waals surface area contributed by atoms with Crippen LogP contribution in [0.2, 0.25) is 0 Å². The minimum absolute atomic E-state index is 0.105. The molecule has 0 bridgehead atoms. The molecule has 2 aromatic rings. The highest BCUT2D eigenvalue weighted by Gasteiger charge is 2.25. The number of anilines is 1. The number of rotatable bonds is 5. The Bertz CT molecular complexity index is 893. The van der Waals surface area contributed by atoms with Gasteiger partial charge in [0.1, 0.15) is 11.5 Å². The third-order valence-electron chi connectivity index (χ3n) is 3.36. The molecule has 1 saturated heterocycles. The molecule has 0 spiro atoms. The average molecular weight is 370 g/mol. The van der Waals surface area contributed by atoms with E-state index in [0.29, 0.717) is 17.0 Å². The molecule has 26 heavy (non-hydrogen) atoms. The summed E-state index contributed by atoms with van der Waals surface area (Å²) in [4.78, 5) is 35.1. The summed E-state index contributed by atoms with van der Waals surface area (Å²) in [5.41, 5.74) is 1.11. The molecule has 0 saturated carbocycles. The van der Waals surface area contributed by atoms with E-state index in [4.69, 9.17) is 4.74 Å². The number of thioether (sulfide) groups is 1. The maximum Gasteiger partial charge on any atom is 0.290 e. The molecule has 8 heteroatoms. The van der Waals surface area contributed by atoms with Crippen molar-refractivity contribution < 1.29 is 24.2 Å². The van der Waals surface area contributed by atoms with Crippen LogP contribution in [0, 0.1) is 0 Å². The molecule has 0 unspecified atom stereocenters. The highest BCUT2D eigenvalue weighted by Crippen LogP contribution is 2.29. The van der Waals surface area contributed by atoms with Crippen LogP contribution in [0.25, 0.3) is 6.08 Å². The van der Waals surface area contributed by atoms with Crippen molar-refractivity contribution in [3.63, 3.8) is 0 Å². The van der Waals surface area contributed by atoms with E-state index < -0.39 is 11.1 Å². The quantitative estimate of drug-likeness (QED) is 0.552. The maximum atomic E-state index is 12.0. The summed E-state index contributed by atoms with van der Waals surface area (Å²) >= 11 is 0.811. The Morgan fingerprint density at radius 2 is 1.88 bits per heavy atom. The zero-order chi connectivity index (χ0) is 18.5. The summed E-state index contributed by atoms with van der Waals surface area (Å²) in [6, 6.07) is 12.9. The fourth-order valence-electron chi connectivity index (χ4n) is 2.18. The molecule has 132 valence electrons. The van der Waals surface area contributed by atoms with E-state index in [1.54, 1.807) is 36.4 Å². The lowest BCUT2D eigenvalue weighted by atomic mass is 10.2. The molecule has 3 amide bonds. The van der Waals surface area contributed by atoms with E-state index in [2.05, 4.69) is 10.6 Å². The Hall–Kier alpha value is -3.26. The van der Waals surface area contributed by atoms with Crippen LogP contribution in [0.1, 0.15) is 5.56 Å². The first-order valence-electron chi connectivity index (χ1n) is 7.57. The van der Waals surface area contributed by atoms with Gasteiger partial charge in [-0.15, -0.1) is 0 Å². The van der Waals surface area contributed by atoms with E-state index >= 15 is 0 Å². The number of benzene rings is 2. The predicted molar refractivity (Wildman–Crippen MR) is 97.8 cm³/mol. The highest BCUT2D eigenvalue weighted by molar-refractivity contribution is 8.18. The molecule has 7 nitrogen and oxygen atoms in total. The van der Waals surface area contributed by atoms with Crippen molar-refractivity contribution in [1.29, 1.82) is 0 Å². The molecule has 1 heterocycles. The van der Waals surface area contributed by atoms with Crippen LogP contribution in [0.3, 0.4) is 0 Å². The van der Waals surface area contributed by atoms with Gasteiger partial charge >= 0.3 is 0 Å². The second kappa shape index (κ2) is 7.75. The van der Waals surface area contributed by atoms with Crippen molar-refractivity contribution in [2.75, 3.05) is 11.9 Å². The number of imide groups is 1. The highest BCUT2D eigenvalue weighted by atomic mass is 32.2. The van der Waals surface area contributed by atoms with Gasteiger partial charge in [-0.1, -0.05) is 18.2 Å². The van der Waals surface area contributed by atoms with Gasteiger partial charge in [0.05, 0.1) is 4.91 Å². The van der Waals surface area contributed by atoms with Crippen molar-refractivity contribution in [3.8, 4) is 11.5 Å². The molecular weight excluding hydrogens is 356 g/mol. The molecular formula is C18H14N2O5S. The Morgan fingerprint density at radius 3 is 2.58 bits per heavy atom. The largest absolute Gasteiger partial charge is 0.508 e. The SMILES string of the molecule is O=C(COc1ccccc1/C=C1\SC(=O)NC1=O)Nc1ccc(O)cc1. The molecule has 2 aromatic carbocycles. The lowest BCUT2D eigenvalue weighted by Crippen LogP contribution is -2.20. The van der Waals surface area contributed by atoms with Gasteiger partial charge in [-0.3, -0.25) is 19.7 Å². The number of phenolic OH excluding ortho intramolecular Hbond substituents is 1. The fourth-order valence-corrected chi connectivity index (χ4v) is 2.85. The first-order chi connectivity index (χ1) is 12.5. The summed E-state index contributed by atoms with van der Waals surface area (Å²) in [7, 11) is 0. The molecule has 1 aliphatic rings. The molecule has 0 aliphatic carbocycles. The molecule has 0 radical (unpaired) electrons. The topological polar surface area (TPSA) is 105 Å². The first-order valence-corrected chi connectivity index (χ1v) is 8.38. The Morgan fingerprint density at radius 1 is 1.15 bits per heavy atom. The number of hydrogen-bond acceptors (Lipinski definition) is 6. The number of ether oxygens (including phenoxy) is 1. The van der Waals surface area contributed by atoms with E-state index in [0.717, 1.165) is 11.8 Å². The summed E-state index contributed by atoms with van der Waals surface area (Å²) in [6.07, 6.45) is 1.54. The summed E-state index contributed by atoms with van der Waals surface area (Å²) in [5, 5.41) is 13.6. The van der Waals surface area contributed by atoms with Crippen LogP contribution in [-0.4, -0.2) is 28.8 Å². The van der Waals surface area contributed by atoms with Crippen LogP contribution in [0.5, 0.6) is 11.5 Å². The van der Waals surface area contributed by atoms with Crippen LogP contribution in [-0.2, 0) is 9.59 Å². The van der Waals surface area contributed by atoms with E-state index in [9.17, 15) is 19.5 Å². The number of phenols is 1. The number of aromatic hydroxyl groups is 1. The van der Waals surface area contributed by atoms with Gasteiger partial charge in [0.2, 0.25) is 0 Å². The van der Waals surface area contributed by atoms with Gasteiger partial charge in [0, 0.05) is 11.3 Å². The lowest BCUT2D eigenvalue weighted by Gasteiger charge is -2.10. The van der Waals surface area contributed by atoms with E-state index in [1.807, 2.05) is 0 Å². The summed E-state index contributed by atoms with van der Waals surface area (Å²) in [6.45, 7) is -0.237. The second-order valence-corrected chi connectivity index (χ2v) is 6.29. The smallest absolute Gasteiger partial charge is 0.290 e. The fraction of sp³-hybridized carbons (Fsp3) is 0.0556. The van der Waals surface area contributed by atoms with Crippen LogP contribution in [0.15, 0.2) is 53.4 Å². The van der Waals surface area contributed by atoms with Crippen LogP contribution in [0.4, 0.5) is 10.5 Å². The molecule has 1 fully saturated rings. The Kier molecular flexibility index (Phi) is 5.23. The number of amides is 3. The molecule has 0 atom stereocenters. The molecule has 3 rings (SSSR count). The van der Waals surface area contributed by atoms with Gasteiger partial charge in [-0.05, 0) is 48.2 Å². The number of nitrogens with one attached hydrogen (secondary N) is 2. The minimum Gasteiger partial charge on any atom is -0.508 e. The number of hydrogen-bond donors (Lipinski definition) is 3. The summed E-state index contributed by atoms with van der Waals surface area (Å²) in [5.74, 6) is -0.316. The van der Waals surface area contributed by atoms with Gasteiger partial charge in [0.15, 0.2) is 6.61 Å². The zero-order valence-electron chi connectivity index (χ0n) is 13.4. The third-order valence-corrected chi connectivity index (χ3v) is 4.17. The second-order valence-electron chi connectivity index (χ2n) is 5.27. The molecule has 0 aromatic heterocycles. The van der Waals surface area contributed by atoms with Crippen molar-refractivity contribution in [2.24, 2.45) is 0 Å². The lowest BCUT2D eigenvalue weighted by molar-refractivity contribution is -0.118. The Balaban J connectivity index is 1.66. The number of carbonyl (C=O) groups excluding carboxylic acids is 3. The maximum absolute atomic E-state index is 12.0. The van der Waals surface area contributed by atoms with Crippen molar-refractivity contribution in [2.45, 2.75) is 0 Å². The minimum atomic E-state index is -0.458. The van der Waals surface area contributed by atoms with Crippen LogP contribution >= 0.6 is 11.8 Å². The van der Waals surface area contributed by atoms with E-state index in [1.165, 1.54) is 18.2 Å². The zero-order valence-corrected chi connectivity index (χ0v) is 14.2. The van der Waals surface area contributed by atoms with Gasteiger partial charge in [-0.25, -0.2) is 0 Å². The summed E-state index contributed by atoms with van der Waals surface area (Å²) < 4.78 is 5.54.